The smallest absolute Gasteiger partial charge is 0.152 e. The number of nitrogens with zero attached hydrogens (tertiary/aromatic N) is 1. The molecule has 4 heteroatoms. The van der Waals surface area contributed by atoms with Gasteiger partial charge in [0.15, 0.2) is 5.15 Å². The van der Waals surface area contributed by atoms with Gasteiger partial charge in [0, 0.05) is 11.8 Å². The van der Waals surface area contributed by atoms with Gasteiger partial charge in [-0.25, -0.2) is 4.98 Å². The SMILES string of the molecule is COc1ccccc1C(C)Nc1c(C)ccnc1Cl. The average Bonchev–Trinajstić information content (AvgIpc) is 2.42. The Labute approximate surface area is 118 Å². The molecule has 0 aliphatic rings. The summed E-state index contributed by atoms with van der Waals surface area (Å²) >= 11 is 6.13. The summed E-state index contributed by atoms with van der Waals surface area (Å²) in [7, 11) is 1.67. The van der Waals surface area contributed by atoms with Crippen LogP contribution in [0.4, 0.5) is 5.69 Å². The van der Waals surface area contributed by atoms with E-state index in [9.17, 15) is 0 Å². The van der Waals surface area contributed by atoms with Gasteiger partial charge in [0.1, 0.15) is 5.75 Å². The Bertz CT molecular complexity index is 552. The molecule has 1 N–H and O–H groups in total. The summed E-state index contributed by atoms with van der Waals surface area (Å²) in [6.07, 6.45) is 1.70. The summed E-state index contributed by atoms with van der Waals surface area (Å²) < 4.78 is 5.38. The summed E-state index contributed by atoms with van der Waals surface area (Å²) in [5.74, 6) is 0.861. The molecule has 0 saturated heterocycles. The highest BCUT2D eigenvalue weighted by atomic mass is 35.5. The first kappa shape index (κ1) is 13.7. The summed E-state index contributed by atoms with van der Waals surface area (Å²) in [6, 6.07) is 9.95. The first-order valence-electron chi connectivity index (χ1n) is 6.14. The molecule has 0 aliphatic heterocycles. The van der Waals surface area contributed by atoms with Crippen LogP contribution in [0.5, 0.6) is 5.75 Å². The Balaban J connectivity index is 2.28. The topological polar surface area (TPSA) is 34.1 Å². The van der Waals surface area contributed by atoms with Crippen LogP contribution < -0.4 is 10.1 Å². The molecule has 0 aliphatic carbocycles. The van der Waals surface area contributed by atoms with E-state index in [0.29, 0.717) is 5.15 Å². The number of para-hydroxylation sites is 1. The maximum Gasteiger partial charge on any atom is 0.152 e. The van der Waals surface area contributed by atoms with E-state index in [1.807, 2.05) is 37.3 Å². The van der Waals surface area contributed by atoms with Crippen LogP contribution >= 0.6 is 11.6 Å². The number of hydrogen-bond donors (Lipinski definition) is 1. The standard InChI is InChI=1S/C15H17ClN2O/c1-10-8-9-17-15(16)14(10)18-11(2)12-6-4-5-7-13(12)19-3/h4-9,11,18H,1-3H3. The van der Waals surface area contributed by atoms with Crippen LogP contribution in [-0.2, 0) is 0 Å². The molecule has 1 atom stereocenters. The van der Waals surface area contributed by atoms with Crippen molar-refractivity contribution in [2.75, 3.05) is 12.4 Å². The van der Waals surface area contributed by atoms with Gasteiger partial charge in [-0.1, -0.05) is 29.8 Å². The third-order valence-corrected chi connectivity index (χ3v) is 3.37. The number of nitrogens with one attached hydrogen (secondary N) is 1. The molecule has 0 fully saturated rings. The van der Waals surface area contributed by atoms with E-state index >= 15 is 0 Å². The molecule has 0 radical (unpaired) electrons. The maximum absolute atomic E-state index is 6.13. The van der Waals surface area contributed by atoms with Gasteiger partial charge in [0.2, 0.25) is 0 Å². The molecule has 19 heavy (non-hydrogen) atoms. The number of anilines is 1. The van der Waals surface area contributed by atoms with Crippen LogP contribution in [0.1, 0.15) is 24.1 Å². The Hall–Kier alpha value is -1.74. The van der Waals surface area contributed by atoms with Crippen LogP contribution in [0.15, 0.2) is 36.5 Å². The molecule has 0 saturated carbocycles. The predicted octanol–water partition coefficient (Wildman–Crippen LogP) is 4.23. The number of ether oxygens (including phenoxy) is 1. The Morgan fingerprint density at radius 3 is 2.68 bits per heavy atom. The summed E-state index contributed by atoms with van der Waals surface area (Å²) in [6.45, 7) is 4.07. The van der Waals surface area contributed by atoms with Gasteiger partial charge < -0.3 is 10.1 Å². The van der Waals surface area contributed by atoms with Gasteiger partial charge in [-0.15, -0.1) is 0 Å². The van der Waals surface area contributed by atoms with E-state index in [1.54, 1.807) is 13.3 Å². The highest BCUT2D eigenvalue weighted by Crippen LogP contribution is 2.31. The molecule has 100 valence electrons. The van der Waals surface area contributed by atoms with E-state index in [1.165, 1.54) is 0 Å². The fourth-order valence-corrected chi connectivity index (χ4v) is 2.28. The summed E-state index contributed by atoms with van der Waals surface area (Å²) in [4.78, 5) is 4.10. The first-order valence-corrected chi connectivity index (χ1v) is 6.52. The van der Waals surface area contributed by atoms with Crippen molar-refractivity contribution in [3.05, 3.63) is 52.8 Å². The molecule has 0 spiro atoms. The predicted molar refractivity (Wildman–Crippen MR) is 79.0 cm³/mol. The van der Waals surface area contributed by atoms with Crippen LogP contribution in [0.2, 0.25) is 5.15 Å². The lowest BCUT2D eigenvalue weighted by Crippen LogP contribution is -2.10. The number of benzene rings is 1. The van der Waals surface area contributed by atoms with Crippen LogP contribution in [0.3, 0.4) is 0 Å². The highest BCUT2D eigenvalue weighted by Gasteiger charge is 2.13. The van der Waals surface area contributed by atoms with Crippen LogP contribution in [0, 0.1) is 6.92 Å². The van der Waals surface area contributed by atoms with E-state index in [4.69, 9.17) is 16.3 Å². The minimum absolute atomic E-state index is 0.0801. The lowest BCUT2D eigenvalue weighted by atomic mass is 10.1. The van der Waals surface area contributed by atoms with E-state index in [-0.39, 0.29) is 6.04 Å². The molecule has 0 bridgehead atoms. The van der Waals surface area contributed by atoms with E-state index in [0.717, 1.165) is 22.6 Å². The Morgan fingerprint density at radius 1 is 1.26 bits per heavy atom. The quantitative estimate of drug-likeness (QED) is 0.849. The molecule has 3 nitrogen and oxygen atoms in total. The summed E-state index contributed by atoms with van der Waals surface area (Å²) in [5, 5.41) is 3.88. The number of aryl methyl sites for hydroxylation is 1. The van der Waals surface area contributed by atoms with Gasteiger partial charge >= 0.3 is 0 Å². The third-order valence-electron chi connectivity index (χ3n) is 3.08. The monoisotopic (exact) mass is 276 g/mol. The van der Waals surface area contributed by atoms with Crippen molar-refractivity contribution >= 4 is 17.3 Å². The highest BCUT2D eigenvalue weighted by molar-refractivity contribution is 6.32. The fraction of sp³-hybridized carbons (Fsp3) is 0.267. The van der Waals surface area contributed by atoms with Crippen molar-refractivity contribution in [2.45, 2.75) is 19.9 Å². The second-order valence-electron chi connectivity index (χ2n) is 4.40. The van der Waals surface area contributed by atoms with Gasteiger partial charge in [-0.05, 0) is 31.5 Å². The average molecular weight is 277 g/mol. The third kappa shape index (κ3) is 2.99. The van der Waals surface area contributed by atoms with Crippen molar-refractivity contribution in [1.82, 2.24) is 4.98 Å². The molecule has 1 aromatic carbocycles. The van der Waals surface area contributed by atoms with E-state index in [2.05, 4.69) is 17.2 Å². The maximum atomic E-state index is 6.13. The number of rotatable bonds is 4. The van der Waals surface area contributed by atoms with Crippen LogP contribution in [0.25, 0.3) is 0 Å². The molecular formula is C15H17ClN2O. The molecule has 1 aromatic heterocycles. The summed E-state index contributed by atoms with van der Waals surface area (Å²) in [5.41, 5.74) is 3.02. The molecule has 0 amide bonds. The van der Waals surface area contributed by atoms with Gasteiger partial charge in [-0.2, -0.15) is 0 Å². The Kier molecular flexibility index (Phi) is 4.27. The number of pyridine rings is 1. The molecular weight excluding hydrogens is 260 g/mol. The molecule has 2 rings (SSSR count). The van der Waals surface area contributed by atoms with Crippen molar-refractivity contribution in [3.8, 4) is 5.75 Å². The second kappa shape index (κ2) is 5.93. The minimum Gasteiger partial charge on any atom is -0.496 e. The largest absolute Gasteiger partial charge is 0.496 e. The molecule has 1 heterocycles. The Morgan fingerprint density at radius 2 is 2.00 bits per heavy atom. The molecule has 1 unspecified atom stereocenters. The zero-order valence-electron chi connectivity index (χ0n) is 11.3. The van der Waals surface area contributed by atoms with Crippen molar-refractivity contribution in [1.29, 1.82) is 0 Å². The van der Waals surface area contributed by atoms with Crippen molar-refractivity contribution in [2.24, 2.45) is 0 Å². The zero-order chi connectivity index (χ0) is 13.8. The first-order chi connectivity index (χ1) is 9.13. The number of hydrogen-bond acceptors (Lipinski definition) is 3. The lowest BCUT2D eigenvalue weighted by molar-refractivity contribution is 0.408. The second-order valence-corrected chi connectivity index (χ2v) is 4.76. The van der Waals surface area contributed by atoms with Gasteiger partial charge in [-0.3, -0.25) is 0 Å². The van der Waals surface area contributed by atoms with E-state index < -0.39 is 0 Å². The normalized spacial score (nSPS) is 12.0. The fourth-order valence-electron chi connectivity index (χ4n) is 2.02. The number of halogens is 1. The van der Waals surface area contributed by atoms with Gasteiger partial charge in [0.05, 0.1) is 18.8 Å². The number of methoxy groups -OCH3 is 1. The van der Waals surface area contributed by atoms with Gasteiger partial charge in [0.25, 0.3) is 0 Å². The molecule has 2 aromatic rings. The van der Waals surface area contributed by atoms with Crippen molar-refractivity contribution in [3.63, 3.8) is 0 Å². The van der Waals surface area contributed by atoms with Crippen LogP contribution in [-0.4, -0.2) is 12.1 Å². The zero-order valence-corrected chi connectivity index (χ0v) is 12.0. The number of aromatic nitrogens is 1. The minimum atomic E-state index is 0.0801. The lowest BCUT2D eigenvalue weighted by Gasteiger charge is -2.20. The van der Waals surface area contributed by atoms with Crippen molar-refractivity contribution < 1.29 is 4.74 Å².